The maximum absolute atomic E-state index is 14.6. The van der Waals surface area contributed by atoms with Gasteiger partial charge in [0.25, 0.3) is 0 Å². The van der Waals surface area contributed by atoms with Crippen molar-refractivity contribution in [2.75, 3.05) is 6.54 Å². The lowest BCUT2D eigenvalue weighted by Gasteiger charge is -2.57. The van der Waals surface area contributed by atoms with Crippen LogP contribution in [0.15, 0.2) is 78.9 Å². The molecule has 3 heteroatoms. The van der Waals surface area contributed by atoms with E-state index >= 15 is 0 Å². The average molecular weight is 492 g/mol. The third kappa shape index (κ3) is 3.98. The molecule has 4 fully saturated rings. The van der Waals surface area contributed by atoms with Gasteiger partial charge in [0.1, 0.15) is 16.9 Å². The maximum atomic E-state index is 14.6. The van der Waals surface area contributed by atoms with Gasteiger partial charge < -0.3 is 10.1 Å². The molecule has 3 nitrogen and oxygen atoms in total. The van der Waals surface area contributed by atoms with Crippen LogP contribution in [0, 0.1) is 23.2 Å². The molecule has 0 saturated heterocycles. The quantitative estimate of drug-likeness (QED) is 0.373. The zero-order chi connectivity index (χ0) is 24.9. The Balaban J connectivity index is 1.22. The summed E-state index contributed by atoms with van der Waals surface area (Å²) in [5.41, 5.74) is 2.89. The molecule has 190 valence electrons. The Hall–Kier alpha value is -3.07. The van der Waals surface area contributed by atoms with E-state index in [2.05, 4.69) is 59.9 Å². The zero-order valence-electron chi connectivity index (χ0n) is 21.6. The molecule has 0 radical (unpaired) electrons. The molecule has 0 atom stereocenters. The first-order chi connectivity index (χ1) is 18.1. The normalized spacial score (nSPS) is 28.2. The van der Waals surface area contributed by atoms with Crippen LogP contribution in [0.3, 0.4) is 0 Å². The molecule has 4 aliphatic carbocycles. The van der Waals surface area contributed by atoms with Gasteiger partial charge in [-0.25, -0.2) is 0 Å². The molecule has 0 aromatic heterocycles. The van der Waals surface area contributed by atoms with E-state index in [-0.39, 0.29) is 5.91 Å². The van der Waals surface area contributed by atoms with Crippen molar-refractivity contribution >= 4 is 5.91 Å². The summed E-state index contributed by atoms with van der Waals surface area (Å²) in [6.45, 7) is 0.820. The lowest BCUT2D eigenvalue weighted by Crippen LogP contribution is -2.54. The van der Waals surface area contributed by atoms with Gasteiger partial charge in [-0.05, 0) is 98.7 Å². The summed E-state index contributed by atoms with van der Waals surface area (Å²) in [6, 6.07) is 27.0. The first-order valence-corrected chi connectivity index (χ1v) is 14.3. The van der Waals surface area contributed by atoms with E-state index in [9.17, 15) is 4.79 Å². The van der Waals surface area contributed by atoms with Crippen molar-refractivity contribution in [3.05, 3.63) is 95.6 Å². The van der Waals surface area contributed by atoms with E-state index in [0.29, 0.717) is 5.41 Å². The Labute approximate surface area is 220 Å². The van der Waals surface area contributed by atoms with Gasteiger partial charge >= 0.3 is 0 Å². The molecule has 1 N–H and O–H groups in total. The number of rotatable bonds is 7. The number of hydrogen-bond donors (Lipinski definition) is 1. The molecule has 4 saturated carbocycles. The van der Waals surface area contributed by atoms with Crippen molar-refractivity contribution in [3.63, 3.8) is 0 Å². The average Bonchev–Trinajstić information content (AvgIpc) is 2.91. The number of para-hydroxylation sites is 2. The lowest BCUT2D eigenvalue weighted by molar-refractivity contribution is -0.128. The molecule has 3 aromatic carbocycles. The molecule has 0 unspecified atom stereocenters. The molecule has 3 aromatic rings. The second-order valence-corrected chi connectivity index (χ2v) is 12.4. The molecule has 8 rings (SSSR count). The first kappa shape index (κ1) is 23.1. The van der Waals surface area contributed by atoms with Crippen molar-refractivity contribution in [2.24, 2.45) is 23.2 Å². The third-order valence-electron chi connectivity index (χ3n) is 9.95. The highest BCUT2D eigenvalue weighted by Gasteiger charge is 2.52. The van der Waals surface area contributed by atoms with Crippen LogP contribution in [0.4, 0.5) is 0 Å². The van der Waals surface area contributed by atoms with Crippen molar-refractivity contribution in [1.82, 2.24) is 5.32 Å². The van der Waals surface area contributed by atoms with Crippen LogP contribution in [0.25, 0.3) is 0 Å². The van der Waals surface area contributed by atoms with Gasteiger partial charge in [0.2, 0.25) is 5.91 Å². The summed E-state index contributed by atoms with van der Waals surface area (Å²) in [6.07, 6.45) is 10.8. The van der Waals surface area contributed by atoms with Crippen LogP contribution >= 0.6 is 0 Å². The SMILES string of the molecule is O=C(NCC12CC3CC(CC(C3)C1)C2)C1(CCCc2ccccc2)c2ccccc2Oc2ccccc21. The van der Waals surface area contributed by atoms with Gasteiger partial charge in [-0.1, -0.05) is 66.7 Å². The zero-order valence-corrected chi connectivity index (χ0v) is 21.6. The minimum atomic E-state index is -0.748. The minimum Gasteiger partial charge on any atom is -0.457 e. The second-order valence-electron chi connectivity index (χ2n) is 12.4. The summed E-state index contributed by atoms with van der Waals surface area (Å²) in [4.78, 5) is 14.6. The van der Waals surface area contributed by atoms with Crippen molar-refractivity contribution in [3.8, 4) is 11.5 Å². The number of ether oxygens (including phenoxy) is 1. The summed E-state index contributed by atoms with van der Waals surface area (Å²) >= 11 is 0. The van der Waals surface area contributed by atoms with Crippen LogP contribution in [0.5, 0.6) is 11.5 Å². The third-order valence-corrected chi connectivity index (χ3v) is 9.95. The molecule has 37 heavy (non-hydrogen) atoms. The van der Waals surface area contributed by atoms with Crippen molar-refractivity contribution in [1.29, 1.82) is 0 Å². The Morgan fingerprint density at radius 2 is 1.30 bits per heavy atom. The fourth-order valence-corrected chi connectivity index (χ4v) is 8.84. The van der Waals surface area contributed by atoms with E-state index in [1.165, 1.54) is 44.1 Å². The number of fused-ring (bicyclic) bond motifs is 2. The Bertz CT molecular complexity index is 1220. The molecule has 4 bridgehead atoms. The molecule has 0 spiro atoms. The number of hydrogen-bond acceptors (Lipinski definition) is 2. The minimum absolute atomic E-state index is 0.152. The number of benzene rings is 3. The largest absolute Gasteiger partial charge is 0.457 e. The monoisotopic (exact) mass is 491 g/mol. The lowest BCUT2D eigenvalue weighted by atomic mass is 9.49. The standard InChI is InChI=1S/C34H37NO2/c36-32(35-23-33-20-25-17-26(21-33)19-27(18-25)22-33)34(16-8-11-24-9-2-1-3-10-24)28-12-4-6-14-30(28)37-31-15-7-5-13-29(31)34/h1-7,9-10,12-15,25-27H,8,11,16-23H2,(H,35,36). The molecule has 1 aliphatic heterocycles. The maximum Gasteiger partial charge on any atom is 0.235 e. The summed E-state index contributed by atoms with van der Waals surface area (Å²) < 4.78 is 6.35. The van der Waals surface area contributed by atoms with Gasteiger partial charge in [0.05, 0.1) is 0 Å². The van der Waals surface area contributed by atoms with Gasteiger partial charge in [-0.3, -0.25) is 4.79 Å². The number of carbonyl (C=O) groups excluding carboxylic acids is 1. The fourth-order valence-electron chi connectivity index (χ4n) is 8.84. The van der Waals surface area contributed by atoms with Crippen LogP contribution in [-0.2, 0) is 16.6 Å². The predicted octanol–water partition coefficient (Wildman–Crippen LogP) is 7.43. The van der Waals surface area contributed by atoms with Crippen LogP contribution in [0.2, 0.25) is 0 Å². The van der Waals surface area contributed by atoms with Crippen molar-refractivity contribution in [2.45, 2.75) is 63.2 Å². The smallest absolute Gasteiger partial charge is 0.235 e. The Morgan fingerprint density at radius 1 is 0.757 bits per heavy atom. The van der Waals surface area contributed by atoms with Crippen LogP contribution in [-0.4, -0.2) is 12.5 Å². The fraction of sp³-hybridized carbons (Fsp3) is 0.441. The van der Waals surface area contributed by atoms with Crippen LogP contribution in [0.1, 0.15) is 68.1 Å². The van der Waals surface area contributed by atoms with E-state index in [1.54, 1.807) is 0 Å². The first-order valence-electron chi connectivity index (χ1n) is 14.3. The van der Waals surface area contributed by atoms with Crippen LogP contribution < -0.4 is 10.1 Å². The second kappa shape index (κ2) is 9.04. The number of nitrogens with one attached hydrogen (secondary N) is 1. The Morgan fingerprint density at radius 3 is 1.89 bits per heavy atom. The molecule has 1 heterocycles. The predicted molar refractivity (Wildman–Crippen MR) is 147 cm³/mol. The summed E-state index contributed by atoms with van der Waals surface area (Å²) in [5, 5.41) is 3.59. The molecular formula is C34H37NO2. The van der Waals surface area contributed by atoms with E-state index in [1.807, 2.05) is 24.3 Å². The van der Waals surface area contributed by atoms with E-state index in [4.69, 9.17) is 4.74 Å². The molecule has 1 amide bonds. The highest BCUT2D eigenvalue weighted by atomic mass is 16.5. The summed E-state index contributed by atoms with van der Waals surface area (Å²) in [5.74, 6) is 4.42. The topological polar surface area (TPSA) is 38.3 Å². The number of carbonyl (C=O) groups is 1. The highest BCUT2D eigenvalue weighted by Crippen LogP contribution is 2.60. The number of amides is 1. The number of aryl methyl sites for hydroxylation is 1. The van der Waals surface area contributed by atoms with Gasteiger partial charge in [-0.2, -0.15) is 0 Å². The molecule has 5 aliphatic rings. The molecular weight excluding hydrogens is 454 g/mol. The summed E-state index contributed by atoms with van der Waals surface area (Å²) in [7, 11) is 0. The van der Waals surface area contributed by atoms with Gasteiger partial charge in [0, 0.05) is 17.7 Å². The van der Waals surface area contributed by atoms with Gasteiger partial charge in [0.15, 0.2) is 0 Å². The highest BCUT2D eigenvalue weighted by molar-refractivity contribution is 5.94. The van der Waals surface area contributed by atoms with E-state index in [0.717, 1.165) is 66.2 Å². The Kier molecular flexibility index (Phi) is 5.64. The van der Waals surface area contributed by atoms with Gasteiger partial charge in [-0.15, -0.1) is 0 Å². The van der Waals surface area contributed by atoms with Crippen molar-refractivity contribution < 1.29 is 9.53 Å². The van der Waals surface area contributed by atoms with E-state index < -0.39 is 5.41 Å².